The minimum atomic E-state index is -0.487. The molecule has 7 heteroatoms. The molecule has 1 unspecified atom stereocenters. The first kappa shape index (κ1) is 17.5. The van der Waals surface area contributed by atoms with Crippen molar-refractivity contribution in [1.29, 1.82) is 0 Å². The Balaban J connectivity index is 1.90. The molecule has 2 atom stereocenters. The molecule has 1 aliphatic heterocycles. The third-order valence-electron chi connectivity index (χ3n) is 3.39. The van der Waals surface area contributed by atoms with Crippen LogP contribution in [0.2, 0.25) is 4.34 Å². The van der Waals surface area contributed by atoms with Crippen molar-refractivity contribution in [1.82, 2.24) is 10.2 Å². The van der Waals surface area contributed by atoms with E-state index in [0.717, 1.165) is 9.21 Å². The van der Waals surface area contributed by atoms with Gasteiger partial charge in [0, 0.05) is 25.1 Å². The summed E-state index contributed by atoms with van der Waals surface area (Å²) in [5.74, 6) is 0. The van der Waals surface area contributed by atoms with Crippen LogP contribution in [-0.2, 0) is 16.0 Å². The van der Waals surface area contributed by atoms with Crippen molar-refractivity contribution in [2.24, 2.45) is 0 Å². The van der Waals surface area contributed by atoms with Crippen LogP contribution in [0.3, 0.4) is 0 Å². The van der Waals surface area contributed by atoms with Gasteiger partial charge in [0.25, 0.3) is 0 Å². The molecule has 22 heavy (non-hydrogen) atoms. The number of amides is 1. The van der Waals surface area contributed by atoms with Crippen LogP contribution in [0.1, 0.15) is 25.6 Å². The normalized spacial score (nSPS) is 22.1. The van der Waals surface area contributed by atoms with Gasteiger partial charge in [0.2, 0.25) is 0 Å². The van der Waals surface area contributed by atoms with Gasteiger partial charge in [-0.15, -0.1) is 11.3 Å². The molecular formula is C15H23ClN2O3S. The summed E-state index contributed by atoms with van der Waals surface area (Å²) in [4.78, 5) is 15.0. The van der Waals surface area contributed by atoms with E-state index in [1.807, 2.05) is 32.9 Å². The first-order valence-corrected chi connectivity index (χ1v) is 8.46. The number of nitrogens with one attached hydrogen (secondary N) is 1. The van der Waals surface area contributed by atoms with Gasteiger partial charge in [0.1, 0.15) is 5.60 Å². The van der Waals surface area contributed by atoms with Gasteiger partial charge in [-0.1, -0.05) is 11.6 Å². The lowest BCUT2D eigenvalue weighted by molar-refractivity contribution is 0.0252. The highest BCUT2D eigenvalue weighted by Gasteiger charge is 2.37. The van der Waals surface area contributed by atoms with Gasteiger partial charge in [0.15, 0.2) is 0 Å². The summed E-state index contributed by atoms with van der Waals surface area (Å²) >= 11 is 7.49. The van der Waals surface area contributed by atoms with Crippen LogP contribution in [-0.4, -0.2) is 48.9 Å². The highest BCUT2D eigenvalue weighted by Crippen LogP contribution is 2.22. The van der Waals surface area contributed by atoms with Gasteiger partial charge in [-0.3, -0.25) is 0 Å². The monoisotopic (exact) mass is 346 g/mol. The number of hydrogen-bond acceptors (Lipinski definition) is 5. The maximum absolute atomic E-state index is 12.2. The number of rotatable bonds is 4. The molecule has 1 amide bonds. The van der Waals surface area contributed by atoms with Crippen LogP contribution in [0, 0.1) is 0 Å². The number of methoxy groups -OCH3 is 1. The molecule has 1 saturated heterocycles. The lowest BCUT2D eigenvalue weighted by Gasteiger charge is -2.24. The van der Waals surface area contributed by atoms with Gasteiger partial charge in [-0.25, -0.2) is 4.79 Å². The lowest BCUT2D eigenvalue weighted by Crippen LogP contribution is -2.40. The first-order valence-electron chi connectivity index (χ1n) is 7.27. The first-order chi connectivity index (χ1) is 10.3. The molecule has 1 N–H and O–H groups in total. The summed E-state index contributed by atoms with van der Waals surface area (Å²) < 4.78 is 11.7. The Morgan fingerprint density at radius 1 is 1.45 bits per heavy atom. The van der Waals surface area contributed by atoms with Crippen molar-refractivity contribution >= 4 is 29.0 Å². The van der Waals surface area contributed by atoms with Crippen molar-refractivity contribution < 1.29 is 14.3 Å². The SMILES string of the molecule is CO[C@H]1CN(C(=O)OC(C)(C)C)CC1NCc1ccc(Cl)s1. The van der Waals surface area contributed by atoms with Crippen molar-refractivity contribution in [3.8, 4) is 0 Å². The van der Waals surface area contributed by atoms with Gasteiger partial charge in [-0.05, 0) is 32.9 Å². The Morgan fingerprint density at radius 2 is 2.18 bits per heavy atom. The average molecular weight is 347 g/mol. The van der Waals surface area contributed by atoms with Crippen LogP contribution >= 0.6 is 22.9 Å². The van der Waals surface area contributed by atoms with Crippen molar-refractivity contribution in [2.45, 2.75) is 45.1 Å². The molecule has 1 aliphatic rings. The highest BCUT2D eigenvalue weighted by molar-refractivity contribution is 7.16. The Morgan fingerprint density at radius 3 is 2.73 bits per heavy atom. The number of halogens is 1. The number of carbonyl (C=O) groups is 1. The zero-order valence-electron chi connectivity index (χ0n) is 13.4. The minimum Gasteiger partial charge on any atom is -0.444 e. The van der Waals surface area contributed by atoms with Crippen molar-refractivity contribution in [3.05, 3.63) is 21.3 Å². The van der Waals surface area contributed by atoms with Crippen LogP contribution in [0.4, 0.5) is 4.79 Å². The summed E-state index contributed by atoms with van der Waals surface area (Å²) in [5, 5.41) is 3.44. The van der Waals surface area contributed by atoms with Gasteiger partial charge >= 0.3 is 6.09 Å². The van der Waals surface area contributed by atoms with E-state index in [2.05, 4.69) is 5.32 Å². The fraction of sp³-hybridized carbons (Fsp3) is 0.667. The van der Waals surface area contributed by atoms with E-state index >= 15 is 0 Å². The predicted molar refractivity (Wildman–Crippen MR) is 88.6 cm³/mol. The molecule has 1 aromatic rings. The van der Waals surface area contributed by atoms with Crippen LogP contribution < -0.4 is 5.32 Å². The Labute approximate surface area is 140 Å². The Kier molecular flexibility index (Phi) is 5.71. The molecule has 0 radical (unpaired) electrons. The van der Waals surface area contributed by atoms with Crippen LogP contribution in [0.15, 0.2) is 12.1 Å². The molecule has 0 saturated carbocycles. The standard InChI is InChI=1S/C15H23ClN2O3S/c1-15(2,3)21-14(19)18-8-11(12(9-18)20-4)17-7-10-5-6-13(16)22-10/h5-6,11-12,17H,7-9H2,1-4H3/t11?,12-/m0/s1. The fourth-order valence-corrected chi connectivity index (χ4v) is 3.40. The topological polar surface area (TPSA) is 50.8 Å². The smallest absolute Gasteiger partial charge is 0.410 e. The molecule has 124 valence electrons. The van der Waals surface area contributed by atoms with Gasteiger partial charge < -0.3 is 19.7 Å². The average Bonchev–Trinajstić information content (AvgIpc) is 3.00. The minimum absolute atomic E-state index is 0.0389. The molecule has 5 nitrogen and oxygen atoms in total. The summed E-state index contributed by atoms with van der Waals surface area (Å²) in [6.07, 6.45) is -0.332. The summed E-state index contributed by atoms with van der Waals surface area (Å²) in [7, 11) is 1.67. The summed E-state index contributed by atoms with van der Waals surface area (Å²) in [5.41, 5.74) is -0.487. The largest absolute Gasteiger partial charge is 0.444 e. The molecule has 1 aromatic heterocycles. The number of thiophene rings is 1. The molecule has 0 bridgehead atoms. The van der Waals surface area contributed by atoms with E-state index < -0.39 is 5.60 Å². The van der Waals surface area contributed by atoms with Crippen LogP contribution in [0.5, 0.6) is 0 Å². The number of nitrogens with zero attached hydrogens (tertiary/aromatic N) is 1. The van der Waals surface area contributed by atoms with E-state index in [-0.39, 0.29) is 18.2 Å². The van der Waals surface area contributed by atoms with Gasteiger partial charge in [-0.2, -0.15) is 0 Å². The highest BCUT2D eigenvalue weighted by atomic mass is 35.5. The number of likely N-dealkylation sites (tertiary alicyclic amines) is 1. The zero-order chi connectivity index (χ0) is 16.3. The maximum atomic E-state index is 12.2. The second-order valence-electron chi connectivity index (χ2n) is 6.35. The van der Waals surface area contributed by atoms with E-state index in [9.17, 15) is 4.79 Å². The summed E-state index contributed by atoms with van der Waals surface area (Å²) in [6, 6.07) is 3.97. The Bertz CT molecular complexity index is 515. The van der Waals surface area contributed by atoms with E-state index in [0.29, 0.717) is 19.6 Å². The van der Waals surface area contributed by atoms with Gasteiger partial charge in [0.05, 0.1) is 23.0 Å². The predicted octanol–water partition coefficient (Wildman–Crippen LogP) is 3.13. The second kappa shape index (κ2) is 7.17. The molecule has 1 fully saturated rings. The summed E-state index contributed by atoms with van der Waals surface area (Å²) in [6.45, 7) is 7.42. The molecule has 2 rings (SSSR count). The third kappa shape index (κ3) is 4.84. The van der Waals surface area contributed by atoms with Crippen LogP contribution in [0.25, 0.3) is 0 Å². The van der Waals surface area contributed by atoms with E-state index in [4.69, 9.17) is 21.1 Å². The van der Waals surface area contributed by atoms with E-state index in [1.54, 1.807) is 23.3 Å². The molecular weight excluding hydrogens is 324 g/mol. The quantitative estimate of drug-likeness (QED) is 0.910. The molecule has 0 aromatic carbocycles. The van der Waals surface area contributed by atoms with Crippen molar-refractivity contribution in [3.63, 3.8) is 0 Å². The lowest BCUT2D eigenvalue weighted by atomic mass is 10.2. The van der Waals surface area contributed by atoms with Crippen molar-refractivity contribution in [2.75, 3.05) is 20.2 Å². The maximum Gasteiger partial charge on any atom is 0.410 e. The zero-order valence-corrected chi connectivity index (χ0v) is 15.0. The third-order valence-corrected chi connectivity index (χ3v) is 4.62. The Hall–Kier alpha value is -0.820. The fourth-order valence-electron chi connectivity index (χ4n) is 2.36. The second-order valence-corrected chi connectivity index (χ2v) is 8.15. The number of ether oxygens (including phenoxy) is 2. The molecule has 2 heterocycles. The molecule has 0 aliphatic carbocycles. The van der Waals surface area contributed by atoms with E-state index in [1.165, 1.54) is 0 Å². The number of carbonyl (C=O) groups excluding carboxylic acids is 1. The number of hydrogen-bond donors (Lipinski definition) is 1. The molecule has 0 spiro atoms.